The van der Waals surface area contributed by atoms with Gasteiger partial charge in [0.1, 0.15) is 12.1 Å². The first-order valence-electron chi connectivity index (χ1n) is 6.82. The van der Waals surface area contributed by atoms with Gasteiger partial charge in [-0.3, -0.25) is 0 Å². The molecule has 1 aliphatic carbocycles. The number of nitrogens with zero attached hydrogens (tertiary/aromatic N) is 2. The van der Waals surface area contributed by atoms with Crippen LogP contribution in [0.3, 0.4) is 0 Å². The lowest BCUT2D eigenvalue weighted by Gasteiger charge is -2.31. The lowest BCUT2D eigenvalue weighted by molar-refractivity contribution is 0.474. The average molecular weight is 265 g/mol. The van der Waals surface area contributed by atoms with Gasteiger partial charge in [0.25, 0.3) is 0 Å². The first-order chi connectivity index (χ1) is 8.70. The van der Waals surface area contributed by atoms with Gasteiger partial charge in [-0.2, -0.15) is 11.8 Å². The molecule has 1 aromatic rings. The first kappa shape index (κ1) is 13.7. The minimum absolute atomic E-state index is 0.455. The zero-order chi connectivity index (χ0) is 13.0. The fourth-order valence-corrected chi connectivity index (χ4v) is 3.44. The van der Waals surface area contributed by atoms with Crippen molar-refractivity contribution < 1.29 is 0 Å². The van der Waals surface area contributed by atoms with E-state index in [-0.39, 0.29) is 0 Å². The summed E-state index contributed by atoms with van der Waals surface area (Å²) in [6.45, 7) is 4.33. The Hall–Kier alpha value is -0.770. The molecule has 1 N–H and O–H groups in total. The van der Waals surface area contributed by atoms with Gasteiger partial charge in [0.2, 0.25) is 0 Å². The van der Waals surface area contributed by atoms with Crippen LogP contribution in [-0.2, 0) is 0 Å². The van der Waals surface area contributed by atoms with Gasteiger partial charge >= 0.3 is 0 Å². The summed E-state index contributed by atoms with van der Waals surface area (Å²) >= 11 is 1.98. The normalized spacial score (nSPS) is 24.2. The summed E-state index contributed by atoms with van der Waals surface area (Å²) in [4.78, 5) is 8.67. The van der Waals surface area contributed by atoms with Crippen molar-refractivity contribution in [2.24, 2.45) is 0 Å². The molecule has 100 valence electrons. The van der Waals surface area contributed by atoms with Gasteiger partial charge in [0.05, 0.1) is 0 Å². The fourth-order valence-electron chi connectivity index (χ4n) is 2.50. The van der Waals surface area contributed by atoms with Crippen LogP contribution in [0.1, 0.15) is 51.1 Å². The van der Waals surface area contributed by atoms with Gasteiger partial charge in [-0.1, -0.05) is 26.7 Å². The molecule has 2 atom stereocenters. The van der Waals surface area contributed by atoms with Crippen LogP contribution < -0.4 is 5.32 Å². The summed E-state index contributed by atoms with van der Waals surface area (Å²) in [5.41, 5.74) is 1.11. The van der Waals surface area contributed by atoms with Crippen molar-refractivity contribution in [3.63, 3.8) is 0 Å². The second kappa shape index (κ2) is 6.41. The maximum Gasteiger partial charge on any atom is 0.129 e. The summed E-state index contributed by atoms with van der Waals surface area (Å²) < 4.78 is 0. The summed E-state index contributed by atoms with van der Waals surface area (Å²) in [6, 6.07) is 2.65. The van der Waals surface area contributed by atoms with Crippen molar-refractivity contribution in [1.82, 2.24) is 9.97 Å². The van der Waals surface area contributed by atoms with Crippen LogP contribution in [0.2, 0.25) is 0 Å². The number of thioether (sulfide) groups is 1. The Morgan fingerprint density at radius 2 is 2.06 bits per heavy atom. The van der Waals surface area contributed by atoms with E-state index in [1.54, 1.807) is 6.33 Å². The third-order valence-electron chi connectivity index (χ3n) is 3.62. The van der Waals surface area contributed by atoms with Gasteiger partial charge in [-0.15, -0.1) is 0 Å². The van der Waals surface area contributed by atoms with E-state index in [2.05, 4.69) is 41.5 Å². The SMILES string of the molecule is CSC1CCCCC1Nc1cc(C(C)C)ncn1. The van der Waals surface area contributed by atoms with Crippen molar-refractivity contribution in [3.8, 4) is 0 Å². The summed E-state index contributed by atoms with van der Waals surface area (Å²) in [6.07, 6.45) is 9.16. The van der Waals surface area contributed by atoms with Crippen LogP contribution in [0, 0.1) is 0 Å². The van der Waals surface area contributed by atoms with E-state index in [1.807, 2.05) is 11.8 Å². The van der Waals surface area contributed by atoms with Crippen LogP contribution in [0.5, 0.6) is 0 Å². The van der Waals surface area contributed by atoms with Crippen molar-refractivity contribution in [2.45, 2.75) is 56.7 Å². The molecular formula is C14H23N3S. The van der Waals surface area contributed by atoms with Crippen LogP contribution in [-0.4, -0.2) is 27.5 Å². The zero-order valence-corrected chi connectivity index (χ0v) is 12.3. The van der Waals surface area contributed by atoms with Crippen molar-refractivity contribution in [3.05, 3.63) is 18.1 Å². The molecule has 0 saturated heterocycles. The summed E-state index contributed by atoms with van der Waals surface area (Å²) in [5.74, 6) is 1.44. The molecule has 0 spiro atoms. The predicted molar refractivity (Wildman–Crippen MR) is 79.3 cm³/mol. The smallest absolute Gasteiger partial charge is 0.129 e. The quantitative estimate of drug-likeness (QED) is 0.901. The Kier molecular flexibility index (Phi) is 4.87. The van der Waals surface area contributed by atoms with Gasteiger partial charge in [0, 0.05) is 23.1 Å². The highest BCUT2D eigenvalue weighted by molar-refractivity contribution is 7.99. The largest absolute Gasteiger partial charge is 0.366 e. The second-order valence-corrected chi connectivity index (χ2v) is 6.37. The Balaban J connectivity index is 2.05. The molecule has 0 amide bonds. The number of aromatic nitrogens is 2. The number of anilines is 1. The molecule has 1 heterocycles. The molecule has 0 radical (unpaired) electrons. The van der Waals surface area contributed by atoms with Crippen molar-refractivity contribution in [2.75, 3.05) is 11.6 Å². The molecule has 1 aliphatic rings. The van der Waals surface area contributed by atoms with Gasteiger partial charge < -0.3 is 5.32 Å². The first-order valence-corrected chi connectivity index (χ1v) is 8.10. The van der Waals surface area contributed by atoms with E-state index < -0.39 is 0 Å². The molecule has 0 bridgehead atoms. The lowest BCUT2D eigenvalue weighted by atomic mass is 9.95. The average Bonchev–Trinajstić information content (AvgIpc) is 2.39. The standard InChI is InChI=1S/C14H23N3S/c1-10(2)12-8-14(16-9-15-12)17-11-6-4-5-7-13(11)18-3/h8-11,13H,4-7H2,1-3H3,(H,15,16,17). The van der Waals surface area contributed by atoms with Crippen LogP contribution in [0.15, 0.2) is 12.4 Å². The predicted octanol–water partition coefficient (Wildman–Crippen LogP) is 3.69. The lowest BCUT2D eigenvalue weighted by Crippen LogP contribution is -2.34. The Morgan fingerprint density at radius 1 is 1.28 bits per heavy atom. The Bertz CT molecular complexity index is 381. The maximum atomic E-state index is 4.35. The van der Waals surface area contributed by atoms with Gasteiger partial charge in [-0.25, -0.2) is 9.97 Å². The second-order valence-electron chi connectivity index (χ2n) is 5.29. The van der Waals surface area contributed by atoms with Crippen LogP contribution in [0.4, 0.5) is 5.82 Å². The van der Waals surface area contributed by atoms with Crippen molar-refractivity contribution in [1.29, 1.82) is 0 Å². The molecule has 1 aromatic heterocycles. The number of hydrogen-bond donors (Lipinski definition) is 1. The molecule has 0 aliphatic heterocycles. The number of hydrogen-bond acceptors (Lipinski definition) is 4. The highest BCUT2D eigenvalue weighted by Gasteiger charge is 2.24. The molecule has 1 fully saturated rings. The highest BCUT2D eigenvalue weighted by atomic mass is 32.2. The van der Waals surface area contributed by atoms with E-state index in [0.29, 0.717) is 12.0 Å². The fraction of sp³-hybridized carbons (Fsp3) is 0.714. The molecule has 0 aromatic carbocycles. The van der Waals surface area contributed by atoms with E-state index >= 15 is 0 Å². The molecule has 3 nitrogen and oxygen atoms in total. The minimum Gasteiger partial charge on any atom is -0.366 e. The van der Waals surface area contributed by atoms with Crippen molar-refractivity contribution >= 4 is 17.6 Å². The number of nitrogens with one attached hydrogen (secondary N) is 1. The zero-order valence-electron chi connectivity index (χ0n) is 11.5. The monoisotopic (exact) mass is 265 g/mol. The molecular weight excluding hydrogens is 242 g/mol. The topological polar surface area (TPSA) is 37.8 Å². The third kappa shape index (κ3) is 3.37. The number of rotatable bonds is 4. The molecule has 4 heteroatoms. The molecule has 1 saturated carbocycles. The van der Waals surface area contributed by atoms with E-state index in [0.717, 1.165) is 16.8 Å². The van der Waals surface area contributed by atoms with Gasteiger partial charge in [-0.05, 0) is 25.0 Å². The van der Waals surface area contributed by atoms with Crippen LogP contribution >= 0.6 is 11.8 Å². The minimum atomic E-state index is 0.455. The highest BCUT2D eigenvalue weighted by Crippen LogP contribution is 2.29. The Labute approximate surface area is 114 Å². The molecule has 2 unspecified atom stereocenters. The summed E-state index contributed by atoms with van der Waals surface area (Å²) in [7, 11) is 0. The molecule has 2 rings (SSSR count). The third-order valence-corrected chi connectivity index (χ3v) is 4.79. The molecule has 18 heavy (non-hydrogen) atoms. The Morgan fingerprint density at radius 3 is 2.78 bits per heavy atom. The maximum absolute atomic E-state index is 4.35. The summed E-state index contributed by atoms with van der Waals surface area (Å²) in [5, 5.41) is 4.32. The van der Waals surface area contributed by atoms with Gasteiger partial charge in [0.15, 0.2) is 0 Å². The van der Waals surface area contributed by atoms with Crippen LogP contribution in [0.25, 0.3) is 0 Å². The van der Waals surface area contributed by atoms with E-state index in [1.165, 1.54) is 25.7 Å². The van der Waals surface area contributed by atoms with E-state index in [4.69, 9.17) is 0 Å². The van der Waals surface area contributed by atoms with E-state index in [9.17, 15) is 0 Å².